The van der Waals surface area contributed by atoms with Crippen LogP contribution in [0.1, 0.15) is 63.4 Å². The number of carbonyl (C=O) groups is 3. The lowest BCUT2D eigenvalue weighted by atomic mass is 9.91. The van der Waals surface area contributed by atoms with Gasteiger partial charge in [0.1, 0.15) is 6.04 Å². The van der Waals surface area contributed by atoms with Crippen LogP contribution in [0.4, 0.5) is 0 Å². The Labute approximate surface area is 241 Å². The Morgan fingerprint density at radius 3 is 2.55 bits per heavy atom. The Morgan fingerprint density at radius 1 is 1.10 bits per heavy atom. The summed E-state index contributed by atoms with van der Waals surface area (Å²) in [7, 11) is 0. The van der Waals surface area contributed by atoms with E-state index in [0.29, 0.717) is 26.2 Å². The fraction of sp³-hybridized carbons (Fsp3) is 0.667. The second kappa shape index (κ2) is 14.9. The lowest BCUT2D eigenvalue weighted by Crippen LogP contribution is -2.56. The van der Waals surface area contributed by atoms with Crippen LogP contribution in [0.25, 0.3) is 10.2 Å². The first-order chi connectivity index (χ1) is 19.4. The molecule has 3 atom stereocenters. The third-order valence-corrected chi connectivity index (χ3v) is 9.13. The van der Waals surface area contributed by atoms with Gasteiger partial charge in [0.25, 0.3) is 0 Å². The molecule has 0 radical (unpaired) electrons. The van der Waals surface area contributed by atoms with Gasteiger partial charge in [-0.3, -0.25) is 14.4 Å². The summed E-state index contributed by atoms with van der Waals surface area (Å²) in [5, 5.41) is 10.0. The molecule has 1 aromatic carbocycles. The van der Waals surface area contributed by atoms with Gasteiger partial charge in [0.2, 0.25) is 17.7 Å². The average molecular weight is 572 g/mol. The largest absolute Gasteiger partial charge is 0.381 e. The molecule has 2 fully saturated rings. The first-order valence-electron chi connectivity index (χ1n) is 14.9. The van der Waals surface area contributed by atoms with Gasteiger partial charge in [-0.25, -0.2) is 4.98 Å². The van der Waals surface area contributed by atoms with Gasteiger partial charge in [0.15, 0.2) is 0 Å². The molecule has 0 spiro atoms. The number of hydrogen-bond donors (Lipinski definition) is 3. The first kappa shape index (κ1) is 30.4. The molecule has 0 bridgehead atoms. The van der Waals surface area contributed by atoms with Gasteiger partial charge in [-0.05, 0) is 68.8 Å². The van der Waals surface area contributed by atoms with Gasteiger partial charge in [-0.15, -0.1) is 11.3 Å². The quantitative estimate of drug-likeness (QED) is 0.341. The summed E-state index contributed by atoms with van der Waals surface area (Å²) in [4.78, 5) is 46.1. The topological polar surface area (TPSA) is 113 Å². The molecule has 1 aromatic heterocycles. The van der Waals surface area contributed by atoms with Gasteiger partial charge in [-0.2, -0.15) is 0 Å². The lowest BCUT2D eigenvalue weighted by molar-refractivity contribution is -0.130. The van der Waals surface area contributed by atoms with Crippen LogP contribution < -0.4 is 16.0 Å². The highest BCUT2D eigenvalue weighted by atomic mass is 32.1. The number of benzene rings is 1. The summed E-state index contributed by atoms with van der Waals surface area (Å²) >= 11 is 1.56. The number of thiazole rings is 1. The zero-order chi connectivity index (χ0) is 28.5. The van der Waals surface area contributed by atoms with Gasteiger partial charge in [0, 0.05) is 51.1 Å². The van der Waals surface area contributed by atoms with Crippen molar-refractivity contribution in [2.24, 2.45) is 11.8 Å². The van der Waals surface area contributed by atoms with Crippen LogP contribution in [0.5, 0.6) is 0 Å². The van der Waals surface area contributed by atoms with Crippen LogP contribution >= 0.6 is 11.3 Å². The number of fused-ring (bicyclic) bond motifs is 1. The number of amides is 3. The zero-order valence-electron chi connectivity index (χ0n) is 24.2. The summed E-state index contributed by atoms with van der Waals surface area (Å²) in [6, 6.07) is 5.24. The Morgan fingerprint density at radius 2 is 1.85 bits per heavy atom. The van der Waals surface area contributed by atoms with E-state index in [9.17, 15) is 14.4 Å². The van der Waals surface area contributed by atoms with Crippen LogP contribution in [0.15, 0.2) is 18.2 Å². The van der Waals surface area contributed by atoms with Crippen molar-refractivity contribution in [3.63, 3.8) is 0 Å². The summed E-state index contributed by atoms with van der Waals surface area (Å²) < 4.78 is 6.65. The van der Waals surface area contributed by atoms with Gasteiger partial charge < -0.3 is 25.6 Å². The maximum Gasteiger partial charge on any atom is 0.243 e. The molecule has 10 heteroatoms. The van der Waals surface area contributed by atoms with E-state index in [-0.39, 0.29) is 42.0 Å². The predicted octanol–water partition coefficient (Wildman–Crippen LogP) is 3.06. The second-order valence-electron chi connectivity index (χ2n) is 11.2. The molecule has 9 nitrogen and oxygen atoms in total. The smallest absolute Gasteiger partial charge is 0.243 e. The number of aryl methyl sites for hydroxylation is 1. The number of nitrogens with zero attached hydrogens (tertiary/aromatic N) is 2. The van der Waals surface area contributed by atoms with E-state index in [2.05, 4.69) is 39.9 Å². The van der Waals surface area contributed by atoms with Crippen molar-refractivity contribution in [1.82, 2.24) is 25.8 Å². The lowest BCUT2D eigenvalue weighted by Gasteiger charge is -2.32. The van der Waals surface area contributed by atoms with Crippen molar-refractivity contribution in [2.75, 3.05) is 39.4 Å². The maximum atomic E-state index is 13.7. The highest BCUT2D eigenvalue weighted by molar-refractivity contribution is 7.18. The third kappa shape index (κ3) is 8.47. The molecule has 2 saturated heterocycles. The van der Waals surface area contributed by atoms with E-state index in [1.807, 2.05) is 13.0 Å². The molecule has 3 heterocycles. The normalized spacial score (nSPS) is 18.8. The number of carbonyl (C=O) groups excluding carboxylic acids is 3. The van der Waals surface area contributed by atoms with Crippen LogP contribution in [0.3, 0.4) is 0 Å². The molecule has 40 heavy (non-hydrogen) atoms. The molecule has 220 valence electrons. The molecule has 0 saturated carbocycles. The number of hydrogen-bond acceptors (Lipinski definition) is 7. The average Bonchev–Trinajstić information content (AvgIpc) is 3.63. The summed E-state index contributed by atoms with van der Waals surface area (Å²) in [6.07, 6.45) is 5.57. The van der Waals surface area contributed by atoms with E-state index in [1.54, 1.807) is 18.3 Å². The van der Waals surface area contributed by atoms with Gasteiger partial charge in [0.05, 0.1) is 15.2 Å². The molecule has 0 aliphatic carbocycles. The Balaban J connectivity index is 1.44. The first-order valence-corrected chi connectivity index (χ1v) is 15.7. The van der Waals surface area contributed by atoms with Gasteiger partial charge in [-0.1, -0.05) is 26.8 Å². The monoisotopic (exact) mass is 571 g/mol. The molecule has 2 aliphatic heterocycles. The molecule has 4 rings (SSSR count). The number of ether oxygens (including phenoxy) is 1. The minimum atomic E-state index is -0.745. The number of rotatable bonds is 13. The number of nitrogens with one attached hydrogen (secondary N) is 3. The third-order valence-electron chi connectivity index (χ3n) is 8.09. The minimum absolute atomic E-state index is 0.00923. The maximum absolute atomic E-state index is 13.7. The van der Waals surface area contributed by atoms with Crippen molar-refractivity contribution in [3.8, 4) is 0 Å². The summed E-state index contributed by atoms with van der Waals surface area (Å²) in [6.45, 7) is 10.4. The fourth-order valence-electron chi connectivity index (χ4n) is 5.56. The fourth-order valence-corrected chi connectivity index (χ4v) is 6.64. The molecule has 2 aromatic rings. The number of likely N-dealkylation sites (tertiary alicyclic amines) is 1. The van der Waals surface area contributed by atoms with Crippen LogP contribution in [-0.4, -0.2) is 79.1 Å². The zero-order valence-corrected chi connectivity index (χ0v) is 25.0. The highest BCUT2D eigenvalue weighted by Crippen LogP contribution is 2.25. The predicted molar refractivity (Wildman–Crippen MR) is 158 cm³/mol. The van der Waals surface area contributed by atoms with E-state index in [4.69, 9.17) is 9.72 Å². The molecule has 3 amide bonds. The molecule has 2 unspecified atom stereocenters. The highest BCUT2D eigenvalue weighted by Gasteiger charge is 2.30. The molecular formula is C30H45N5O4S. The van der Waals surface area contributed by atoms with E-state index in [0.717, 1.165) is 54.1 Å². The SMILES string of the molecule is CCC(=O)N[C@@H](Cc1nc2ccc(CC)cc2s1)C(=O)NC(CNC(=O)C(C)CN1CCCC1)C1CCOCC1. The Bertz CT molecular complexity index is 1140. The van der Waals surface area contributed by atoms with Crippen molar-refractivity contribution in [2.45, 2.75) is 77.8 Å². The van der Waals surface area contributed by atoms with Crippen LogP contribution in [0, 0.1) is 11.8 Å². The summed E-state index contributed by atoms with van der Waals surface area (Å²) in [5.74, 6) is -0.348. The number of aromatic nitrogens is 1. The molecular weight excluding hydrogens is 526 g/mol. The van der Waals surface area contributed by atoms with E-state index in [1.165, 1.54) is 18.4 Å². The van der Waals surface area contributed by atoms with Crippen molar-refractivity contribution >= 4 is 39.3 Å². The van der Waals surface area contributed by atoms with E-state index < -0.39 is 6.04 Å². The van der Waals surface area contributed by atoms with Crippen molar-refractivity contribution in [1.29, 1.82) is 0 Å². The molecule has 2 aliphatic rings. The van der Waals surface area contributed by atoms with Crippen molar-refractivity contribution < 1.29 is 19.1 Å². The Kier molecular flexibility index (Phi) is 11.3. The minimum Gasteiger partial charge on any atom is -0.381 e. The van der Waals surface area contributed by atoms with Crippen LogP contribution in [-0.2, 0) is 32.0 Å². The van der Waals surface area contributed by atoms with Crippen LogP contribution in [0.2, 0.25) is 0 Å². The second-order valence-corrected chi connectivity index (χ2v) is 12.3. The summed E-state index contributed by atoms with van der Waals surface area (Å²) in [5.41, 5.74) is 2.15. The Hall–Kier alpha value is -2.56. The standard InChI is InChI=1S/C30H45N5O4S/c1-4-21-8-9-23-26(16-21)40-28(33-23)17-24(32-27(36)5-2)30(38)34-25(22-10-14-39-15-11-22)18-31-29(37)20(3)19-35-12-6-7-13-35/h8-9,16,20,22,24-25H,4-7,10-15,17-19H2,1-3H3,(H,31,37)(H,32,36)(H,34,38)/t20?,24-,25?/m0/s1. The van der Waals surface area contributed by atoms with Gasteiger partial charge >= 0.3 is 0 Å². The van der Waals surface area contributed by atoms with E-state index >= 15 is 0 Å². The van der Waals surface area contributed by atoms with Crippen molar-refractivity contribution in [3.05, 3.63) is 28.8 Å². The molecule has 3 N–H and O–H groups in total.